The normalized spacial score (nSPS) is 12.2. The van der Waals surface area contributed by atoms with Crippen LogP contribution in [0, 0.1) is 18.6 Å². The quantitative estimate of drug-likeness (QED) is 0.337. The van der Waals surface area contributed by atoms with E-state index in [0.717, 1.165) is 5.56 Å². The maximum absolute atomic E-state index is 13.8. The molecule has 0 aliphatic heterocycles. The summed E-state index contributed by atoms with van der Waals surface area (Å²) in [5.74, 6) is -0.823. The minimum absolute atomic E-state index is 0.0683. The van der Waals surface area contributed by atoms with Crippen molar-refractivity contribution in [1.29, 1.82) is 0 Å². The van der Waals surface area contributed by atoms with Gasteiger partial charge in [0.1, 0.15) is 17.7 Å². The fourth-order valence-corrected chi connectivity index (χ4v) is 4.24. The van der Waals surface area contributed by atoms with Gasteiger partial charge in [0.25, 0.3) is 0 Å². The van der Waals surface area contributed by atoms with Crippen LogP contribution in [-0.2, 0) is 6.61 Å². The van der Waals surface area contributed by atoms with E-state index >= 15 is 0 Å². The predicted octanol–water partition coefficient (Wildman–Crippen LogP) is 6.70. The predicted molar refractivity (Wildman–Crippen MR) is 130 cm³/mol. The molecule has 3 aromatic carbocycles. The standard InChI is InChI=1S/C29H27F2NO2/c1-17(2)27-26(29(34)21-6-4-18(3)5-7-21)25(19-8-12-22(30)13-9-19)24(16-33)28(32-27)20-10-14-23(31)15-11-20/h4-15,17,29,33-34H,16H2,1-3H3. The molecule has 4 rings (SSSR count). The van der Waals surface area contributed by atoms with Crippen molar-refractivity contribution in [1.82, 2.24) is 4.98 Å². The van der Waals surface area contributed by atoms with Crippen LogP contribution in [0.4, 0.5) is 8.78 Å². The molecule has 4 aromatic rings. The highest BCUT2D eigenvalue weighted by Gasteiger charge is 2.28. The molecular formula is C29H27F2NO2. The average Bonchev–Trinajstić information content (AvgIpc) is 2.83. The van der Waals surface area contributed by atoms with Gasteiger partial charge in [-0.25, -0.2) is 8.78 Å². The fourth-order valence-electron chi connectivity index (χ4n) is 4.24. The lowest BCUT2D eigenvalue weighted by Gasteiger charge is -2.26. The van der Waals surface area contributed by atoms with Crippen LogP contribution in [-0.4, -0.2) is 15.2 Å². The van der Waals surface area contributed by atoms with E-state index in [-0.39, 0.29) is 24.2 Å². The Balaban J connectivity index is 2.08. The highest BCUT2D eigenvalue weighted by molar-refractivity contribution is 5.80. The van der Waals surface area contributed by atoms with Crippen LogP contribution in [0.2, 0.25) is 0 Å². The molecule has 0 amide bonds. The molecule has 1 heterocycles. The van der Waals surface area contributed by atoms with Crippen molar-refractivity contribution < 1.29 is 19.0 Å². The number of hydrogen-bond acceptors (Lipinski definition) is 3. The maximum atomic E-state index is 13.8. The SMILES string of the molecule is Cc1ccc(C(O)c2c(C(C)C)nc(-c3ccc(F)cc3)c(CO)c2-c2ccc(F)cc2)cc1. The third-order valence-electron chi connectivity index (χ3n) is 5.99. The van der Waals surface area contributed by atoms with Crippen LogP contribution in [0.25, 0.3) is 22.4 Å². The van der Waals surface area contributed by atoms with Crippen LogP contribution in [0.1, 0.15) is 53.8 Å². The molecule has 1 unspecified atom stereocenters. The molecule has 0 radical (unpaired) electrons. The van der Waals surface area contributed by atoms with Gasteiger partial charge in [0.05, 0.1) is 18.0 Å². The van der Waals surface area contributed by atoms with E-state index < -0.39 is 6.10 Å². The number of aromatic nitrogens is 1. The first-order valence-corrected chi connectivity index (χ1v) is 11.2. The number of aliphatic hydroxyl groups is 2. The van der Waals surface area contributed by atoms with Crippen molar-refractivity contribution in [2.24, 2.45) is 0 Å². The number of aliphatic hydroxyl groups excluding tert-OH is 2. The van der Waals surface area contributed by atoms with Crippen molar-refractivity contribution in [2.75, 3.05) is 0 Å². The minimum Gasteiger partial charge on any atom is -0.392 e. The number of benzene rings is 3. The third-order valence-corrected chi connectivity index (χ3v) is 5.99. The summed E-state index contributed by atoms with van der Waals surface area (Å²) in [5.41, 5.74) is 5.88. The third kappa shape index (κ3) is 4.63. The summed E-state index contributed by atoms with van der Waals surface area (Å²) >= 11 is 0. The van der Waals surface area contributed by atoms with Crippen LogP contribution >= 0.6 is 0 Å². The number of rotatable bonds is 6. The van der Waals surface area contributed by atoms with Gasteiger partial charge in [-0.15, -0.1) is 0 Å². The van der Waals surface area contributed by atoms with E-state index in [1.807, 2.05) is 45.0 Å². The highest BCUT2D eigenvalue weighted by Crippen LogP contribution is 2.42. The first kappa shape index (κ1) is 23.7. The molecule has 0 bridgehead atoms. The summed E-state index contributed by atoms with van der Waals surface area (Å²) in [7, 11) is 0. The molecule has 0 aliphatic carbocycles. The lowest BCUT2D eigenvalue weighted by Crippen LogP contribution is -2.14. The molecule has 0 saturated carbocycles. The van der Waals surface area contributed by atoms with E-state index in [9.17, 15) is 19.0 Å². The molecule has 3 nitrogen and oxygen atoms in total. The highest BCUT2D eigenvalue weighted by atomic mass is 19.1. The van der Waals surface area contributed by atoms with Crippen molar-refractivity contribution in [3.8, 4) is 22.4 Å². The van der Waals surface area contributed by atoms with Crippen molar-refractivity contribution in [2.45, 2.75) is 39.4 Å². The Morgan fingerprint density at radius 3 is 1.82 bits per heavy atom. The van der Waals surface area contributed by atoms with Crippen molar-refractivity contribution in [3.63, 3.8) is 0 Å². The molecular weight excluding hydrogens is 432 g/mol. The van der Waals surface area contributed by atoms with Gasteiger partial charge in [-0.05, 0) is 65.9 Å². The van der Waals surface area contributed by atoms with E-state index in [2.05, 4.69) is 0 Å². The van der Waals surface area contributed by atoms with Crippen LogP contribution in [0.3, 0.4) is 0 Å². The largest absolute Gasteiger partial charge is 0.392 e. The first-order valence-electron chi connectivity index (χ1n) is 11.2. The zero-order valence-electron chi connectivity index (χ0n) is 19.4. The van der Waals surface area contributed by atoms with Gasteiger partial charge in [0.15, 0.2) is 0 Å². The molecule has 1 atom stereocenters. The maximum Gasteiger partial charge on any atom is 0.123 e. The Morgan fingerprint density at radius 1 is 0.794 bits per heavy atom. The number of nitrogens with zero attached hydrogens (tertiary/aromatic N) is 1. The summed E-state index contributed by atoms with van der Waals surface area (Å²) in [6, 6.07) is 19.5. The first-order chi connectivity index (χ1) is 16.3. The summed E-state index contributed by atoms with van der Waals surface area (Å²) in [6.45, 7) is 5.57. The van der Waals surface area contributed by atoms with Crippen LogP contribution in [0.15, 0.2) is 72.8 Å². The van der Waals surface area contributed by atoms with Crippen molar-refractivity contribution in [3.05, 3.63) is 112 Å². The van der Waals surface area contributed by atoms with E-state index in [1.54, 1.807) is 24.3 Å². The molecule has 0 fully saturated rings. The van der Waals surface area contributed by atoms with Gasteiger partial charge < -0.3 is 10.2 Å². The second-order valence-electron chi connectivity index (χ2n) is 8.75. The molecule has 0 aliphatic rings. The van der Waals surface area contributed by atoms with Gasteiger partial charge in [-0.3, -0.25) is 4.98 Å². The molecule has 174 valence electrons. The molecule has 2 N–H and O–H groups in total. The Labute approximate surface area is 198 Å². The van der Waals surface area contributed by atoms with Gasteiger partial charge in [-0.1, -0.05) is 55.8 Å². The zero-order chi connectivity index (χ0) is 24.4. The summed E-state index contributed by atoms with van der Waals surface area (Å²) in [4.78, 5) is 4.89. The molecule has 1 aromatic heterocycles. The summed E-state index contributed by atoms with van der Waals surface area (Å²) in [5, 5.41) is 22.1. The molecule has 5 heteroatoms. The smallest absolute Gasteiger partial charge is 0.123 e. The Hall–Kier alpha value is -3.41. The van der Waals surface area contributed by atoms with E-state index in [0.29, 0.717) is 44.8 Å². The van der Waals surface area contributed by atoms with Gasteiger partial charge >= 0.3 is 0 Å². The fraction of sp³-hybridized carbons (Fsp3) is 0.207. The van der Waals surface area contributed by atoms with Crippen LogP contribution in [0.5, 0.6) is 0 Å². The summed E-state index contributed by atoms with van der Waals surface area (Å²) < 4.78 is 27.4. The van der Waals surface area contributed by atoms with Crippen molar-refractivity contribution >= 4 is 0 Å². The lowest BCUT2D eigenvalue weighted by atomic mass is 9.84. The number of halogens is 2. The summed E-state index contributed by atoms with van der Waals surface area (Å²) in [6.07, 6.45) is -1.02. The van der Waals surface area contributed by atoms with Gasteiger partial charge in [-0.2, -0.15) is 0 Å². The molecule has 0 spiro atoms. The number of pyridine rings is 1. The number of hydrogen-bond donors (Lipinski definition) is 2. The van der Waals surface area contributed by atoms with Crippen LogP contribution < -0.4 is 0 Å². The average molecular weight is 460 g/mol. The second-order valence-corrected chi connectivity index (χ2v) is 8.75. The Bertz CT molecular complexity index is 1280. The minimum atomic E-state index is -1.02. The van der Waals surface area contributed by atoms with Gasteiger partial charge in [0, 0.05) is 16.7 Å². The topological polar surface area (TPSA) is 53.4 Å². The molecule has 0 saturated heterocycles. The molecule has 34 heavy (non-hydrogen) atoms. The van der Waals surface area contributed by atoms with E-state index in [4.69, 9.17) is 4.98 Å². The Morgan fingerprint density at radius 2 is 1.32 bits per heavy atom. The lowest BCUT2D eigenvalue weighted by molar-refractivity contribution is 0.218. The van der Waals surface area contributed by atoms with Gasteiger partial charge in [0.2, 0.25) is 0 Å². The Kier molecular flexibility index (Phi) is 6.87. The second kappa shape index (κ2) is 9.84. The zero-order valence-corrected chi connectivity index (χ0v) is 19.4. The monoisotopic (exact) mass is 459 g/mol. The van der Waals surface area contributed by atoms with E-state index in [1.165, 1.54) is 24.3 Å². The number of aryl methyl sites for hydroxylation is 1.